The third-order valence-electron chi connectivity index (χ3n) is 13.0. The van der Waals surface area contributed by atoms with E-state index < -0.39 is 0 Å². The second kappa shape index (κ2) is 14.2. The smallest absolute Gasteiger partial charge is 0.220 e. The Morgan fingerprint density at radius 3 is 2.41 bits per heavy atom. The molecule has 4 aliphatic carbocycles. The standard InChI is InChI=1S/C35H61NO5/c1-6-26(37)8-7-20-40-22-23-41-21-19-36-32(39)12-9-25(2)29-10-11-30-28-14-16-33(3)24-27(38)13-18-35(33,5)31(28)15-17-34(29,30)4/h25,27-31,38H,6-24H2,1-5H3,(H,36,39)/t25-,27-,28+,29?,30+,31+,33-,34-,35-/m1/s1. The molecule has 0 bridgehead atoms. The fourth-order valence-corrected chi connectivity index (χ4v) is 10.4. The number of carbonyl (C=O) groups excluding carboxylic acids is 2. The fraction of sp³-hybridized carbons (Fsp3) is 0.943. The molecular formula is C35H61NO5. The van der Waals surface area contributed by atoms with Crippen LogP contribution in [0.4, 0.5) is 0 Å². The lowest BCUT2D eigenvalue weighted by Crippen LogP contribution is -2.58. The van der Waals surface area contributed by atoms with Crippen LogP contribution < -0.4 is 5.32 Å². The van der Waals surface area contributed by atoms with Crippen molar-refractivity contribution in [3.8, 4) is 0 Å². The molecule has 0 radical (unpaired) electrons. The molecule has 4 saturated carbocycles. The van der Waals surface area contributed by atoms with E-state index in [0.717, 1.165) is 49.4 Å². The lowest BCUT2D eigenvalue weighted by Gasteiger charge is -2.65. The van der Waals surface area contributed by atoms with Crippen molar-refractivity contribution < 1.29 is 24.2 Å². The number of fused-ring (bicyclic) bond motifs is 5. The topological polar surface area (TPSA) is 84.9 Å². The highest BCUT2D eigenvalue weighted by atomic mass is 16.5. The molecule has 0 heterocycles. The zero-order chi connectivity index (χ0) is 29.7. The molecule has 0 aromatic rings. The average Bonchev–Trinajstić information content (AvgIpc) is 3.30. The predicted molar refractivity (Wildman–Crippen MR) is 163 cm³/mol. The van der Waals surface area contributed by atoms with E-state index in [1.165, 1.54) is 44.9 Å². The Balaban J connectivity index is 1.15. The molecule has 4 aliphatic rings. The van der Waals surface area contributed by atoms with Crippen LogP contribution in [0, 0.1) is 45.8 Å². The molecular weight excluding hydrogens is 514 g/mol. The predicted octanol–water partition coefficient (Wildman–Crippen LogP) is 6.72. The van der Waals surface area contributed by atoms with Crippen LogP contribution >= 0.6 is 0 Å². The summed E-state index contributed by atoms with van der Waals surface area (Å²) in [6.07, 6.45) is 14.6. The largest absolute Gasteiger partial charge is 0.393 e. The minimum absolute atomic E-state index is 0.0979. The molecule has 4 rings (SSSR count). The Labute approximate surface area is 250 Å². The number of aliphatic hydroxyl groups is 1. The lowest BCUT2D eigenvalue weighted by atomic mass is 9.40. The van der Waals surface area contributed by atoms with Crippen molar-refractivity contribution in [2.75, 3.05) is 33.0 Å². The second-order valence-electron chi connectivity index (χ2n) is 15.1. The first-order valence-corrected chi connectivity index (χ1v) is 17.2. The minimum Gasteiger partial charge on any atom is -0.393 e. The molecule has 6 nitrogen and oxygen atoms in total. The van der Waals surface area contributed by atoms with Crippen molar-refractivity contribution in [3.05, 3.63) is 0 Å². The molecule has 1 unspecified atom stereocenters. The summed E-state index contributed by atoms with van der Waals surface area (Å²) < 4.78 is 11.1. The zero-order valence-electron chi connectivity index (χ0n) is 27.0. The monoisotopic (exact) mass is 575 g/mol. The molecule has 9 atom stereocenters. The highest BCUT2D eigenvalue weighted by molar-refractivity contribution is 5.77. The van der Waals surface area contributed by atoms with Gasteiger partial charge in [0, 0.05) is 32.4 Å². The summed E-state index contributed by atoms with van der Waals surface area (Å²) in [7, 11) is 0. The Kier molecular flexibility index (Phi) is 11.4. The van der Waals surface area contributed by atoms with Gasteiger partial charge in [0.1, 0.15) is 5.78 Å². The summed E-state index contributed by atoms with van der Waals surface area (Å²) in [5, 5.41) is 13.5. The number of aliphatic hydroxyl groups excluding tert-OH is 1. The van der Waals surface area contributed by atoms with Gasteiger partial charge in [0.05, 0.1) is 25.9 Å². The molecule has 41 heavy (non-hydrogen) atoms. The van der Waals surface area contributed by atoms with Gasteiger partial charge in [-0.1, -0.05) is 34.6 Å². The summed E-state index contributed by atoms with van der Waals surface area (Å²) in [6.45, 7) is 14.7. The van der Waals surface area contributed by atoms with E-state index in [1.54, 1.807) is 0 Å². The lowest BCUT2D eigenvalue weighted by molar-refractivity contribution is -0.171. The van der Waals surface area contributed by atoms with E-state index in [0.29, 0.717) is 74.4 Å². The molecule has 6 heteroatoms. The summed E-state index contributed by atoms with van der Waals surface area (Å²) >= 11 is 0. The van der Waals surface area contributed by atoms with E-state index in [-0.39, 0.29) is 17.8 Å². The maximum absolute atomic E-state index is 12.6. The van der Waals surface area contributed by atoms with E-state index in [4.69, 9.17) is 9.47 Å². The van der Waals surface area contributed by atoms with Crippen LogP contribution in [0.25, 0.3) is 0 Å². The van der Waals surface area contributed by atoms with Crippen molar-refractivity contribution in [2.24, 2.45) is 45.8 Å². The van der Waals surface area contributed by atoms with Crippen molar-refractivity contribution in [1.82, 2.24) is 5.32 Å². The zero-order valence-corrected chi connectivity index (χ0v) is 27.0. The van der Waals surface area contributed by atoms with Crippen LogP contribution in [-0.2, 0) is 19.1 Å². The summed E-state index contributed by atoms with van der Waals surface area (Å²) in [4.78, 5) is 23.9. The maximum atomic E-state index is 12.6. The van der Waals surface area contributed by atoms with Gasteiger partial charge >= 0.3 is 0 Å². The van der Waals surface area contributed by atoms with Crippen molar-refractivity contribution in [2.45, 2.75) is 131 Å². The third kappa shape index (κ3) is 7.23. The van der Waals surface area contributed by atoms with E-state index in [1.807, 2.05) is 6.92 Å². The SMILES string of the molecule is CCC(=O)CCCOCCOCCNC(=O)CC[C@@H](C)C1CC[C@H]2[C@@H]3CC[C@]4(C)C[C@H](O)CC[C@]4(C)[C@H]3CC[C@]12C. The van der Waals surface area contributed by atoms with Gasteiger partial charge in [0.15, 0.2) is 0 Å². The Morgan fingerprint density at radius 1 is 0.902 bits per heavy atom. The van der Waals surface area contributed by atoms with Gasteiger partial charge in [0.25, 0.3) is 0 Å². The van der Waals surface area contributed by atoms with Gasteiger partial charge in [-0.3, -0.25) is 9.59 Å². The normalized spacial score (nSPS) is 38.9. The van der Waals surface area contributed by atoms with Gasteiger partial charge in [-0.15, -0.1) is 0 Å². The quantitative estimate of drug-likeness (QED) is 0.212. The van der Waals surface area contributed by atoms with Crippen molar-refractivity contribution >= 4 is 11.7 Å². The molecule has 0 spiro atoms. The summed E-state index contributed by atoms with van der Waals surface area (Å²) in [5.41, 5.74) is 1.09. The van der Waals surface area contributed by atoms with Crippen molar-refractivity contribution in [3.63, 3.8) is 0 Å². The van der Waals surface area contributed by atoms with Crippen LogP contribution in [0.5, 0.6) is 0 Å². The number of ketones is 1. The van der Waals surface area contributed by atoms with Gasteiger partial charge in [-0.05, 0) is 116 Å². The number of carbonyl (C=O) groups is 2. The third-order valence-corrected chi connectivity index (χ3v) is 13.0. The second-order valence-corrected chi connectivity index (χ2v) is 15.1. The van der Waals surface area contributed by atoms with Gasteiger partial charge in [-0.2, -0.15) is 0 Å². The molecule has 4 fully saturated rings. The van der Waals surface area contributed by atoms with Crippen molar-refractivity contribution in [1.29, 1.82) is 0 Å². The first-order valence-electron chi connectivity index (χ1n) is 17.2. The van der Waals surface area contributed by atoms with Gasteiger partial charge in [0.2, 0.25) is 5.91 Å². The van der Waals surface area contributed by atoms with Gasteiger partial charge < -0.3 is 19.9 Å². The molecule has 2 N–H and O–H groups in total. The van der Waals surface area contributed by atoms with Crippen LogP contribution in [0.2, 0.25) is 0 Å². The van der Waals surface area contributed by atoms with Crippen LogP contribution in [0.15, 0.2) is 0 Å². The number of hydrogen-bond acceptors (Lipinski definition) is 5. The molecule has 0 saturated heterocycles. The number of ether oxygens (including phenoxy) is 2. The molecule has 0 aromatic carbocycles. The molecule has 236 valence electrons. The minimum atomic E-state index is -0.0979. The number of amides is 1. The number of nitrogens with one attached hydrogen (secondary N) is 1. The summed E-state index contributed by atoms with van der Waals surface area (Å²) in [5.74, 6) is 4.21. The highest BCUT2D eigenvalue weighted by Crippen LogP contribution is 2.71. The number of Topliss-reactive ketones (excluding diaryl/α,β-unsaturated/α-hetero) is 1. The van der Waals surface area contributed by atoms with Crippen LogP contribution in [-0.4, -0.2) is 55.9 Å². The highest BCUT2D eigenvalue weighted by Gasteiger charge is 2.63. The van der Waals surface area contributed by atoms with Crippen LogP contribution in [0.1, 0.15) is 125 Å². The van der Waals surface area contributed by atoms with Crippen LogP contribution in [0.3, 0.4) is 0 Å². The number of hydrogen-bond donors (Lipinski definition) is 2. The summed E-state index contributed by atoms with van der Waals surface area (Å²) in [6, 6.07) is 0. The maximum Gasteiger partial charge on any atom is 0.220 e. The Bertz CT molecular complexity index is 879. The average molecular weight is 576 g/mol. The molecule has 0 aromatic heterocycles. The van der Waals surface area contributed by atoms with E-state index in [9.17, 15) is 14.7 Å². The molecule has 1 amide bonds. The molecule has 0 aliphatic heterocycles. The Hall–Kier alpha value is -0.980. The number of rotatable bonds is 15. The van der Waals surface area contributed by atoms with Gasteiger partial charge in [-0.25, -0.2) is 0 Å². The first-order chi connectivity index (χ1) is 19.5. The van der Waals surface area contributed by atoms with E-state index in [2.05, 4.69) is 33.0 Å². The Morgan fingerprint density at radius 2 is 1.66 bits per heavy atom. The fourth-order valence-electron chi connectivity index (χ4n) is 10.4. The first kappa shape index (κ1) is 32.9. The van der Waals surface area contributed by atoms with E-state index >= 15 is 0 Å².